The van der Waals surface area contributed by atoms with E-state index in [1.807, 2.05) is 4.90 Å². The second kappa shape index (κ2) is 8.01. The molecule has 5 heteroatoms. The largest absolute Gasteiger partial charge is 0.493 e. The molecule has 1 amide bonds. The van der Waals surface area contributed by atoms with Gasteiger partial charge in [-0.2, -0.15) is 0 Å². The molecule has 0 spiro atoms. The summed E-state index contributed by atoms with van der Waals surface area (Å²) in [6.45, 7) is 5.53. The SMILES string of the molecule is Cc1cccc(N2CCN(C(=O)CCOc3ccc(F)cc3)CC2)c1. The average Bonchev–Trinajstić information content (AvgIpc) is 2.63. The van der Waals surface area contributed by atoms with E-state index in [0.29, 0.717) is 18.8 Å². The number of benzene rings is 2. The van der Waals surface area contributed by atoms with Gasteiger partial charge in [-0.1, -0.05) is 12.1 Å². The van der Waals surface area contributed by atoms with E-state index in [1.165, 1.54) is 23.4 Å². The van der Waals surface area contributed by atoms with Crippen LogP contribution in [0.4, 0.5) is 10.1 Å². The van der Waals surface area contributed by atoms with Crippen LogP contribution in [0.2, 0.25) is 0 Å². The molecule has 4 nitrogen and oxygen atoms in total. The van der Waals surface area contributed by atoms with Crippen molar-refractivity contribution in [2.24, 2.45) is 0 Å². The van der Waals surface area contributed by atoms with Crippen molar-refractivity contribution in [3.05, 3.63) is 59.9 Å². The Labute approximate surface area is 147 Å². The molecule has 1 aliphatic rings. The van der Waals surface area contributed by atoms with Crippen LogP contribution in [0, 0.1) is 12.7 Å². The Morgan fingerprint density at radius 2 is 1.80 bits per heavy atom. The van der Waals surface area contributed by atoms with Crippen LogP contribution in [0.5, 0.6) is 5.75 Å². The minimum atomic E-state index is -0.296. The summed E-state index contributed by atoms with van der Waals surface area (Å²) in [6.07, 6.45) is 0.335. The van der Waals surface area contributed by atoms with Crippen molar-refractivity contribution in [2.75, 3.05) is 37.7 Å². The van der Waals surface area contributed by atoms with Crippen molar-refractivity contribution >= 4 is 11.6 Å². The maximum absolute atomic E-state index is 12.8. The van der Waals surface area contributed by atoms with Crippen LogP contribution in [0.15, 0.2) is 48.5 Å². The highest BCUT2D eigenvalue weighted by Crippen LogP contribution is 2.18. The van der Waals surface area contributed by atoms with E-state index in [2.05, 4.69) is 36.1 Å². The lowest BCUT2D eigenvalue weighted by Crippen LogP contribution is -2.49. The molecule has 0 aromatic heterocycles. The van der Waals surface area contributed by atoms with Gasteiger partial charge >= 0.3 is 0 Å². The molecule has 0 atom stereocenters. The van der Waals surface area contributed by atoms with Gasteiger partial charge in [0.05, 0.1) is 13.0 Å². The second-order valence-electron chi connectivity index (χ2n) is 6.26. The first-order valence-electron chi connectivity index (χ1n) is 8.59. The molecule has 1 fully saturated rings. The molecule has 0 N–H and O–H groups in total. The Balaban J connectivity index is 1.43. The highest BCUT2D eigenvalue weighted by molar-refractivity contribution is 5.76. The van der Waals surface area contributed by atoms with Crippen LogP contribution in [-0.2, 0) is 4.79 Å². The Kier molecular flexibility index (Phi) is 5.53. The molecule has 2 aromatic carbocycles. The van der Waals surface area contributed by atoms with E-state index >= 15 is 0 Å². The third kappa shape index (κ3) is 4.72. The highest BCUT2D eigenvalue weighted by atomic mass is 19.1. The molecular weight excluding hydrogens is 319 g/mol. The zero-order valence-electron chi connectivity index (χ0n) is 14.5. The van der Waals surface area contributed by atoms with Gasteiger partial charge in [-0.05, 0) is 48.9 Å². The van der Waals surface area contributed by atoms with Crippen LogP contribution >= 0.6 is 0 Å². The van der Waals surface area contributed by atoms with Gasteiger partial charge in [0.2, 0.25) is 5.91 Å². The van der Waals surface area contributed by atoms with Crippen molar-refractivity contribution in [1.82, 2.24) is 4.90 Å². The quantitative estimate of drug-likeness (QED) is 0.836. The molecule has 0 radical (unpaired) electrons. The lowest BCUT2D eigenvalue weighted by atomic mass is 10.2. The molecule has 25 heavy (non-hydrogen) atoms. The van der Waals surface area contributed by atoms with Crippen molar-refractivity contribution in [1.29, 1.82) is 0 Å². The molecule has 1 aliphatic heterocycles. The highest BCUT2D eigenvalue weighted by Gasteiger charge is 2.21. The number of anilines is 1. The third-order valence-electron chi connectivity index (χ3n) is 4.40. The summed E-state index contributed by atoms with van der Waals surface area (Å²) in [7, 11) is 0. The molecule has 0 unspecified atom stereocenters. The van der Waals surface area contributed by atoms with Crippen LogP contribution < -0.4 is 9.64 Å². The van der Waals surface area contributed by atoms with Crippen LogP contribution in [0.1, 0.15) is 12.0 Å². The zero-order valence-corrected chi connectivity index (χ0v) is 14.5. The number of ether oxygens (including phenoxy) is 1. The first-order chi connectivity index (χ1) is 12.1. The fourth-order valence-electron chi connectivity index (χ4n) is 2.98. The third-order valence-corrected chi connectivity index (χ3v) is 4.40. The number of carbonyl (C=O) groups is 1. The summed E-state index contributed by atoms with van der Waals surface area (Å²) in [4.78, 5) is 16.5. The van der Waals surface area contributed by atoms with Gasteiger partial charge in [0.15, 0.2) is 0 Å². The topological polar surface area (TPSA) is 32.8 Å². The van der Waals surface area contributed by atoms with Gasteiger partial charge < -0.3 is 14.5 Å². The van der Waals surface area contributed by atoms with Gasteiger partial charge in [0.25, 0.3) is 0 Å². The summed E-state index contributed by atoms with van der Waals surface area (Å²) in [5.41, 5.74) is 2.46. The lowest BCUT2D eigenvalue weighted by Gasteiger charge is -2.36. The van der Waals surface area contributed by atoms with Crippen LogP contribution in [-0.4, -0.2) is 43.6 Å². The number of carbonyl (C=O) groups excluding carboxylic acids is 1. The smallest absolute Gasteiger partial charge is 0.226 e. The van der Waals surface area contributed by atoms with Crippen LogP contribution in [0.25, 0.3) is 0 Å². The first-order valence-corrected chi connectivity index (χ1v) is 8.59. The fraction of sp³-hybridized carbons (Fsp3) is 0.350. The number of aryl methyl sites for hydroxylation is 1. The zero-order chi connectivity index (χ0) is 17.6. The monoisotopic (exact) mass is 342 g/mol. The van der Waals surface area contributed by atoms with Gasteiger partial charge in [-0.15, -0.1) is 0 Å². The Hall–Kier alpha value is -2.56. The van der Waals surface area contributed by atoms with Gasteiger partial charge in [0, 0.05) is 31.9 Å². The summed E-state index contributed by atoms with van der Waals surface area (Å²) < 4.78 is 18.3. The number of rotatable bonds is 5. The molecule has 3 rings (SSSR count). The fourth-order valence-corrected chi connectivity index (χ4v) is 2.98. The molecule has 2 aromatic rings. The summed E-state index contributed by atoms with van der Waals surface area (Å²) in [6, 6.07) is 14.3. The number of hydrogen-bond donors (Lipinski definition) is 0. The molecule has 1 saturated heterocycles. The second-order valence-corrected chi connectivity index (χ2v) is 6.26. The molecule has 0 saturated carbocycles. The minimum Gasteiger partial charge on any atom is -0.493 e. The van der Waals surface area contributed by atoms with Crippen LogP contribution in [0.3, 0.4) is 0 Å². The van der Waals surface area contributed by atoms with Gasteiger partial charge in [-0.3, -0.25) is 4.79 Å². The minimum absolute atomic E-state index is 0.103. The Morgan fingerprint density at radius 3 is 2.48 bits per heavy atom. The van der Waals surface area contributed by atoms with Gasteiger partial charge in [-0.25, -0.2) is 4.39 Å². The Morgan fingerprint density at radius 1 is 1.08 bits per heavy atom. The Bertz CT molecular complexity index is 710. The molecule has 0 aliphatic carbocycles. The number of nitrogens with zero attached hydrogens (tertiary/aromatic N) is 2. The normalized spacial score (nSPS) is 14.5. The molecule has 1 heterocycles. The van der Waals surface area contributed by atoms with E-state index < -0.39 is 0 Å². The predicted molar refractivity (Wildman–Crippen MR) is 96.5 cm³/mol. The van der Waals surface area contributed by atoms with E-state index in [9.17, 15) is 9.18 Å². The summed E-state index contributed by atoms with van der Waals surface area (Å²) in [5.74, 6) is 0.388. The maximum atomic E-state index is 12.8. The van der Waals surface area contributed by atoms with E-state index in [0.717, 1.165) is 26.2 Å². The van der Waals surface area contributed by atoms with E-state index in [4.69, 9.17) is 4.74 Å². The molecule has 132 valence electrons. The maximum Gasteiger partial charge on any atom is 0.226 e. The number of amides is 1. The number of hydrogen-bond acceptors (Lipinski definition) is 3. The number of halogens is 1. The molecular formula is C20H23FN2O2. The van der Waals surface area contributed by atoms with E-state index in [1.54, 1.807) is 12.1 Å². The van der Waals surface area contributed by atoms with Crippen molar-refractivity contribution in [2.45, 2.75) is 13.3 Å². The van der Waals surface area contributed by atoms with Crippen molar-refractivity contribution < 1.29 is 13.9 Å². The van der Waals surface area contributed by atoms with E-state index in [-0.39, 0.29) is 11.7 Å². The summed E-state index contributed by atoms with van der Waals surface area (Å²) >= 11 is 0. The van der Waals surface area contributed by atoms with Crippen molar-refractivity contribution in [3.63, 3.8) is 0 Å². The average molecular weight is 342 g/mol. The molecule has 0 bridgehead atoms. The standard InChI is InChI=1S/C20H23FN2O2/c1-16-3-2-4-18(15-16)22-10-12-23(13-11-22)20(24)9-14-25-19-7-5-17(21)6-8-19/h2-8,15H,9-14H2,1H3. The lowest BCUT2D eigenvalue weighted by molar-refractivity contribution is -0.132. The predicted octanol–water partition coefficient (Wildman–Crippen LogP) is 3.25. The first kappa shape index (κ1) is 17.3. The summed E-state index contributed by atoms with van der Waals surface area (Å²) in [5, 5.41) is 0. The van der Waals surface area contributed by atoms with Crippen molar-refractivity contribution in [3.8, 4) is 5.75 Å². The van der Waals surface area contributed by atoms with Gasteiger partial charge in [0.1, 0.15) is 11.6 Å². The number of piperazine rings is 1.